The van der Waals surface area contributed by atoms with Gasteiger partial charge in [0.15, 0.2) is 0 Å². The van der Waals surface area contributed by atoms with Crippen molar-refractivity contribution in [1.82, 2.24) is 9.13 Å². The molecule has 0 saturated heterocycles. The second-order valence-corrected chi connectivity index (χ2v) is 22.4. The van der Waals surface area contributed by atoms with E-state index in [0.717, 1.165) is 0 Å². The third-order valence-corrected chi connectivity index (χ3v) is 17.0. The molecule has 2 nitrogen and oxygen atoms in total. The molecule has 77 heavy (non-hydrogen) atoms. The molecular weight excluding hydrogens is 929 g/mol. The van der Waals surface area contributed by atoms with Gasteiger partial charge in [-0.2, -0.15) is 0 Å². The van der Waals surface area contributed by atoms with E-state index in [0.29, 0.717) is 0 Å². The van der Waals surface area contributed by atoms with Gasteiger partial charge < -0.3 is 9.13 Å². The summed E-state index contributed by atoms with van der Waals surface area (Å²) in [7, 11) is 0. The molecule has 1 aliphatic rings. The van der Waals surface area contributed by atoms with Crippen LogP contribution in [0, 0.1) is 27.7 Å². The second kappa shape index (κ2) is 16.9. The fraction of sp³-hybridized carbons (Fsp3) is 0.0933. The normalized spacial score (nSPS) is 12.9. The minimum Gasteiger partial charge on any atom is -0.309 e. The minimum absolute atomic E-state index is 0.209. The van der Waals surface area contributed by atoms with Crippen molar-refractivity contribution >= 4 is 65.2 Å². The Morgan fingerprint density at radius 2 is 0.532 bits per heavy atom. The summed E-state index contributed by atoms with van der Waals surface area (Å²) in [5, 5.41) is 10.1. The third-order valence-electron chi connectivity index (χ3n) is 17.0. The summed E-state index contributed by atoms with van der Waals surface area (Å²) < 4.78 is 4.86. The molecule has 0 aliphatic heterocycles. The van der Waals surface area contributed by atoms with Crippen LogP contribution in [0.15, 0.2) is 231 Å². The lowest BCUT2D eigenvalue weighted by Crippen LogP contribution is -2.15. The molecule has 0 atom stereocenters. The number of aryl methyl sites for hydroxylation is 4. The number of fused-ring (bicyclic) bond motifs is 11. The molecule has 12 aromatic carbocycles. The van der Waals surface area contributed by atoms with Crippen molar-refractivity contribution in [3.05, 3.63) is 264 Å². The summed E-state index contributed by atoms with van der Waals surface area (Å²) in [5.41, 5.74) is 27.5. The molecule has 2 aromatic heterocycles. The molecule has 0 spiro atoms. The van der Waals surface area contributed by atoms with Crippen molar-refractivity contribution in [1.29, 1.82) is 0 Å². The largest absolute Gasteiger partial charge is 0.309 e. The zero-order chi connectivity index (χ0) is 51.8. The summed E-state index contributed by atoms with van der Waals surface area (Å²) in [4.78, 5) is 0. The van der Waals surface area contributed by atoms with Gasteiger partial charge in [0.25, 0.3) is 0 Å². The van der Waals surface area contributed by atoms with E-state index in [-0.39, 0.29) is 5.41 Å². The van der Waals surface area contributed by atoms with Crippen molar-refractivity contribution in [3.63, 3.8) is 0 Å². The topological polar surface area (TPSA) is 9.86 Å². The van der Waals surface area contributed by atoms with E-state index in [2.05, 4.69) is 281 Å². The van der Waals surface area contributed by atoms with Gasteiger partial charge in [-0.05, 0) is 211 Å². The summed E-state index contributed by atoms with van der Waals surface area (Å²) >= 11 is 0. The van der Waals surface area contributed by atoms with Crippen LogP contribution in [-0.4, -0.2) is 9.13 Å². The van der Waals surface area contributed by atoms with E-state index in [9.17, 15) is 0 Å². The highest BCUT2D eigenvalue weighted by atomic mass is 15.0. The van der Waals surface area contributed by atoms with Crippen LogP contribution < -0.4 is 0 Å². The van der Waals surface area contributed by atoms with Crippen molar-refractivity contribution in [3.8, 4) is 67.0 Å². The lowest BCUT2D eigenvalue weighted by Gasteiger charge is -2.23. The van der Waals surface area contributed by atoms with Gasteiger partial charge >= 0.3 is 0 Å². The summed E-state index contributed by atoms with van der Waals surface area (Å²) in [6.07, 6.45) is 0. The van der Waals surface area contributed by atoms with Crippen molar-refractivity contribution in [2.75, 3.05) is 0 Å². The summed E-state index contributed by atoms with van der Waals surface area (Å²) in [6, 6.07) is 87.2. The Morgan fingerprint density at radius 1 is 0.247 bits per heavy atom. The highest BCUT2D eigenvalue weighted by molar-refractivity contribution is 6.14. The first-order valence-corrected chi connectivity index (χ1v) is 27.1. The Labute approximate surface area is 449 Å². The fourth-order valence-corrected chi connectivity index (χ4v) is 13.7. The zero-order valence-corrected chi connectivity index (χ0v) is 44.3. The molecule has 2 heteroatoms. The number of benzene rings is 12. The smallest absolute Gasteiger partial charge is 0.0541 e. The molecule has 0 fully saturated rings. The number of hydrogen-bond acceptors (Lipinski definition) is 0. The van der Waals surface area contributed by atoms with Crippen LogP contribution in [0.4, 0.5) is 0 Å². The monoisotopic (exact) mass is 984 g/mol. The van der Waals surface area contributed by atoms with Gasteiger partial charge in [-0.3, -0.25) is 0 Å². The van der Waals surface area contributed by atoms with E-state index in [1.165, 1.54) is 166 Å². The van der Waals surface area contributed by atoms with Gasteiger partial charge in [0, 0.05) is 38.3 Å². The fourth-order valence-electron chi connectivity index (χ4n) is 13.7. The maximum Gasteiger partial charge on any atom is 0.0541 e. The van der Waals surface area contributed by atoms with Crippen LogP contribution in [0.1, 0.15) is 47.2 Å². The highest BCUT2D eigenvalue weighted by Crippen LogP contribution is 2.52. The molecule has 14 aromatic rings. The van der Waals surface area contributed by atoms with Gasteiger partial charge in [0.05, 0.1) is 22.1 Å². The maximum absolute atomic E-state index is 2.48. The van der Waals surface area contributed by atoms with Crippen molar-refractivity contribution in [2.24, 2.45) is 0 Å². The SMILES string of the molecule is Cc1cc(C)cc(-n2c3ccccc3c3cc(-c4ccc(-c5ccc6c(c5)C(C)(C)c5cc(-c7ccc(-c8ccc9c(c8)c8ccccc8n9-c8cc(C)cc(C)c8)c8ccccc78)ccc5-6)c5ccccc45)ccc32)c1. The number of rotatable bonds is 6. The standard InChI is InChI=1S/C75H56N2/c1-45-35-46(2)38-53(37-45)76-71-21-13-11-19-65(71)67-41-49(25-33-73(67)76)55-29-31-57(61-17-9-7-15-59(55)61)51-23-27-63-64-28-24-52(44-70(64)75(5,6)69(63)43-51)58-32-30-56(60-16-8-10-18-62(58)60)50-26-34-74-68(42-50)66-20-12-14-22-72(66)77(74)54-39-47(3)36-48(4)40-54/h7-44H,1-6H3. The molecule has 0 N–H and O–H groups in total. The van der Waals surface area contributed by atoms with E-state index in [4.69, 9.17) is 0 Å². The molecule has 0 unspecified atom stereocenters. The van der Waals surface area contributed by atoms with Crippen molar-refractivity contribution in [2.45, 2.75) is 47.0 Å². The van der Waals surface area contributed by atoms with E-state index in [1.54, 1.807) is 0 Å². The maximum atomic E-state index is 2.48. The first-order chi connectivity index (χ1) is 37.6. The van der Waals surface area contributed by atoms with E-state index < -0.39 is 0 Å². The minimum atomic E-state index is -0.209. The van der Waals surface area contributed by atoms with Crippen LogP contribution in [-0.2, 0) is 5.41 Å². The number of aromatic nitrogens is 2. The first-order valence-electron chi connectivity index (χ1n) is 27.1. The average Bonchev–Trinajstić information content (AvgIpc) is 4.22. The van der Waals surface area contributed by atoms with Crippen LogP contribution in [0.5, 0.6) is 0 Å². The Hall–Kier alpha value is -9.24. The van der Waals surface area contributed by atoms with Gasteiger partial charge in [-0.15, -0.1) is 0 Å². The highest BCUT2D eigenvalue weighted by Gasteiger charge is 2.36. The van der Waals surface area contributed by atoms with Gasteiger partial charge in [-0.25, -0.2) is 0 Å². The Kier molecular flexibility index (Phi) is 9.91. The lowest BCUT2D eigenvalue weighted by molar-refractivity contribution is 0.661. The van der Waals surface area contributed by atoms with Crippen LogP contribution >= 0.6 is 0 Å². The molecule has 2 heterocycles. The molecule has 0 amide bonds. The average molecular weight is 985 g/mol. The number of nitrogens with zero attached hydrogens (tertiary/aromatic N) is 2. The quantitative estimate of drug-likeness (QED) is 0.157. The predicted molar refractivity (Wildman–Crippen MR) is 328 cm³/mol. The first kappa shape index (κ1) is 45.2. The Bertz CT molecular complexity index is 4480. The number of hydrogen-bond donors (Lipinski definition) is 0. The predicted octanol–water partition coefficient (Wildman–Crippen LogP) is 20.4. The summed E-state index contributed by atoms with van der Waals surface area (Å²) in [6.45, 7) is 13.6. The van der Waals surface area contributed by atoms with Gasteiger partial charge in [-0.1, -0.05) is 172 Å². The van der Waals surface area contributed by atoms with E-state index >= 15 is 0 Å². The second-order valence-electron chi connectivity index (χ2n) is 22.4. The molecule has 1 aliphatic carbocycles. The van der Waals surface area contributed by atoms with Crippen molar-refractivity contribution < 1.29 is 0 Å². The molecule has 366 valence electrons. The third kappa shape index (κ3) is 6.95. The van der Waals surface area contributed by atoms with Crippen LogP contribution in [0.2, 0.25) is 0 Å². The summed E-state index contributed by atoms with van der Waals surface area (Å²) in [5.74, 6) is 0. The van der Waals surface area contributed by atoms with Crippen LogP contribution in [0.25, 0.3) is 132 Å². The zero-order valence-electron chi connectivity index (χ0n) is 44.3. The van der Waals surface area contributed by atoms with Crippen LogP contribution in [0.3, 0.4) is 0 Å². The lowest BCUT2D eigenvalue weighted by atomic mass is 9.80. The van der Waals surface area contributed by atoms with Gasteiger partial charge in [0.2, 0.25) is 0 Å². The number of para-hydroxylation sites is 2. The molecule has 0 saturated carbocycles. The molecule has 0 radical (unpaired) electrons. The van der Waals surface area contributed by atoms with Gasteiger partial charge in [0.1, 0.15) is 0 Å². The molecular formula is C75H56N2. The Morgan fingerprint density at radius 3 is 0.896 bits per heavy atom. The Balaban J connectivity index is 0.783. The molecule has 15 rings (SSSR count). The van der Waals surface area contributed by atoms with E-state index in [1.807, 2.05) is 0 Å². The molecule has 0 bridgehead atoms.